The van der Waals surface area contributed by atoms with Gasteiger partial charge in [-0.15, -0.1) is 0 Å². The molecule has 3 nitrogen and oxygen atoms in total. The maximum absolute atomic E-state index is 11.5. The monoisotopic (exact) mass is 285 g/mol. The number of aromatic nitrogens is 1. The van der Waals surface area contributed by atoms with E-state index in [-0.39, 0.29) is 0 Å². The van der Waals surface area contributed by atoms with Gasteiger partial charge in [-0.1, -0.05) is 30.3 Å². The molecule has 0 atom stereocenters. The smallest absolute Gasteiger partial charge is 0.175 e. The summed E-state index contributed by atoms with van der Waals surface area (Å²) in [5.74, 6) is 0. The maximum Gasteiger partial charge on any atom is 0.175 e. The zero-order valence-corrected chi connectivity index (χ0v) is 12.2. The number of hydrogen-bond donors (Lipinski definition) is 1. The van der Waals surface area contributed by atoms with Gasteiger partial charge in [0.15, 0.2) is 9.84 Å². The third-order valence-corrected chi connectivity index (χ3v) is 4.67. The summed E-state index contributed by atoms with van der Waals surface area (Å²) in [4.78, 5) is 3.73. The Hall–Kier alpha value is -2.07. The number of nitrogens with one attached hydrogen (secondary N) is 1. The van der Waals surface area contributed by atoms with Crippen LogP contribution in [0.3, 0.4) is 0 Å². The first-order valence-electron chi connectivity index (χ1n) is 6.34. The predicted octanol–water partition coefficient (Wildman–Crippen LogP) is 3.55. The number of fused-ring (bicyclic) bond motifs is 1. The lowest BCUT2D eigenvalue weighted by Gasteiger charge is -2.02. The molecule has 0 spiro atoms. The fourth-order valence-corrected chi connectivity index (χ4v) is 3.07. The highest BCUT2D eigenvalue weighted by molar-refractivity contribution is 7.90. The van der Waals surface area contributed by atoms with Gasteiger partial charge in [0.1, 0.15) is 0 Å². The van der Waals surface area contributed by atoms with Crippen molar-refractivity contribution >= 4 is 20.7 Å². The lowest BCUT2D eigenvalue weighted by atomic mass is 10.1. The Morgan fingerprint density at radius 1 is 0.950 bits per heavy atom. The van der Waals surface area contributed by atoms with Crippen molar-refractivity contribution in [3.8, 4) is 11.3 Å². The number of rotatable bonds is 2. The van der Waals surface area contributed by atoms with Crippen molar-refractivity contribution in [1.82, 2.24) is 4.98 Å². The normalized spacial score (nSPS) is 11.9. The van der Waals surface area contributed by atoms with Crippen LogP contribution in [0.25, 0.3) is 22.2 Å². The third-order valence-electron chi connectivity index (χ3n) is 3.54. The first-order chi connectivity index (χ1) is 9.47. The van der Waals surface area contributed by atoms with Gasteiger partial charge in [0, 0.05) is 22.9 Å². The van der Waals surface area contributed by atoms with Crippen LogP contribution in [0.15, 0.2) is 53.4 Å². The number of aromatic amines is 1. The molecule has 3 aromatic rings. The summed E-state index contributed by atoms with van der Waals surface area (Å²) in [5, 5.41) is 1.19. The molecule has 102 valence electrons. The summed E-state index contributed by atoms with van der Waals surface area (Å²) in [5.41, 5.74) is 4.29. The second-order valence-electron chi connectivity index (χ2n) is 4.97. The van der Waals surface area contributed by atoms with E-state index in [1.54, 1.807) is 12.1 Å². The molecule has 0 fully saturated rings. The summed E-state index contributed by atoms with van der Waals surface area (Å²) >= 11 is 0. The van der Waals surface area contributed by atoms with Gasteiger partial charge in [-0.2, -0.15) is 0 Å². The van der Waals surface area contributed by atoms with Crippen LogP contribution in [0.1, 0.15) is 5.56 Å². The standard InChI is InChI=1S/C16H15NO2S/c1-11-14-5-3-4-6-15(14)17-16(11)12-7-9-13(10-8-12)20(2,18)19/h3-10,17H,1-2H3. The topological polar surface area (TPSA) is 49.9 Å². The van der Waals surface area contributed by atoms with Gasteiger partial charge in [0.2, 0.25) is 0 Å². The van der Waals surface area contributed by atoms with E-state index in [4.69, 9.17) is 0 Å². The average Bonchev–Trinajstić information content (AvgIpc) is 2.76. The van der Waals surface area contributed by atoms with Crippen LogP contribution in [-0.2, 0) is 9.84 Å². The van der Waals surface area contributed by atoms with Crippen molar-refractivity contribution in [2.75, 3.05) is 6.26 Å². The van der Waals surface area contributed by atoms with E-state index < -0.39 is 9.84 Å². The van der Waals surface area contributed by atoms with Gasteiger partial charge in [-0.05, 0) is 36.2 Å². The minimum Gasteiger partial charge on any atom is -0.354 e. The Morgan fingerprint density at radius 2 is 1.60 bits per heavy atom. The quantitative estimate of drug-likeness (QED) is 0.783. The van der Waals surface area contributed by atoms with Crippen LogP contribution in [0.5, 0.6) is 0 Å². The van der Waals surface area contributed by atoms with Crippen LogP contribution in [-0.4, -0.2) is 19.7 Å². The summed E-state index contributed by atoms with van der Waals surface area (Å²) in [6.07, 6.45) is 1.22. The number of aryl methyl sites for hydroxylation is 1. The van der Waals surface area contributed by atoms with Gasteiger partial charge in [-0.25, -0.2) is 8.42 Å². The van der Waals surface area contributed by atoms with Gasteiger partial charge in [-0.3, -0.25) is 0 Å². The molecule has 3 rings (SSSR count). The Labute approximate surface area is 118 Å². The molecular weight excluding hydrogens is 270 g/mol. The Kier molecular flexibility index (Phi) is 2.91. The molecule has 0 saturated carbocycles. The van der Waals surface area contributed by atoms with Crippen LogP contribution >= 0.6 is 0 Å². The van der Waals surface area contributed by atoms with E-state index in [0.717, 1.165) is 16.8 Å². The van der Waals surface area contributed by atoms with E-state index in [1.807, 2.05) is 30.3 Å². The van der Waals surface area contributed by atoms with E-state index in [0.29, 0.717) is 4.90 Å². The van der Waals surface area contributed by atoms with Crippen molar-refractivity contribution in [3.63, 3.8) is 0 Å². The molecule has 0 saturated heterocycles. The summed E-state index contributed by atoms with van der Waals surface area (Å²) < 4.78 is 23.0. The number of H-pyrrole nitrogens is 1. The highest BCUT2D eigenvalue weighted by Gasteiger charge is 2.11. The number of hydrogen-bond acceptors (Lipinski definition) is 2. The second-order valence-corrected chi connectivity index (χ2v) is 6.98. The van der Waals surface area contributed by atoms with Crippen molar-refractivity contribution < 1.29 is 8.42 Å². The fraction of sp³-hybridized carbons (Fsp3) is 0.125. The van der Waals surface area contributed by atoms with E-state index in [9.17, 15) is 8.42 Å². The Balaban J connectivity index is 2.14. The third kappa shape index (κ3) is 2.12. The van der Waals surface area contributed by atoms with Crippen LogP contribution < -0.4 is 0 Å². The minimum atomic E-state index is -3.15. The van der Waals surface area contributed by atoms with Crippen molar-refractivity contribution in [2.45, 2.75) is 11.8 Å². The van der Waals surface area contributed by atoms with E-state index in [2.05, 4.69) is 18.0 Å². The molecule has 4 heteroatoms. The molecule has 0 aliphatic heterocycles. The molecule has 0 unspecified atom stereocenters. The number of sulfone groups is 1. The molecule has 0 aliphatic carbocycles. The van der Waals surface area contributed by atoms with E-state index in [1.165, 1.54) is 17.2 Å². The number of para-hydroxylation sites is 1. The van der Waals surface area contributed by atoms with Crippen molar-refractivity contribution in [3.05, 3.63) is 54.1 Å². The van der Waals surface area contributed by atoms with Crippen LogP contribution in [0.4, 0.5) is 0 Å². The average molecular weight is 285 g/mol. The molecule has 0 amide bonds. The van der Waals surface area contributed by atoms with E-state index >= 15 is 0 Å². The van der Waals surface area contributed by atoms with Crippen molar-refractivity contribution in [1.29, 1.82) is 0 Å². The molecule has 20 heavy (non-hydrogen) atoms. The fourth-order valence-electron chi connectivity index (χ4n) is 2.44. The Bertz CT molecular complexity index is 874. The lowest BCUT2D eigenvalue weighted by molar-refractivity contribution is 0.602. The first-order valence-corrected chi connectivity index (χ1v) is 8.24. The summed E-state index contributed by atoms with van der Waals surface area (Å²) in [6, 6.07) is 15.1. The maximum atomic E-state index is 11.5. The molecule has 0 radical (unpaired) electrons. The van der Waals surface area contributed by atoms with Crippen LogP contribution in [0, 0.1) is 6.92 Å². The zero-order chi connectivity index (χ0) is 14.3. The summed E-state index contributed by atoms with van der Waals surface area (Å²) in [7, 11) is -3.15. The van der Waals surface area contributed by atoms with Gasteiger partial charge in [0.25, 0.3) is 0 Å². The largest absolute Gasteiger partial charge is 0.354 e. The van der Waals surface area contributed by atoms with Gasteiger partial charge < -0.3 is 4.98 Å². The predicted molar refractivity (Wildman–Crippen MR) is 81.6 cm³/mol. The number of benzene rings is 2. The Morgan fingerprint density at radius 3 is 2.20 bits per heavy atom. The molecule has 0 aliphatic rings. The first kappa shape index (κ1) is 12.9. The highest BCUT2D eigenvalue weighted by Crippen LogP contribution is 2.29. The molecule has 1 heterocycles. The molecule has 2 aromatic carbocycles. The lowest BCUT2D eigenvalue weighted by Crippen LogP contribution is -1.96. The van der Waals surface area contributed by atoms with Crippen LogP contribution in [0.2, 0.25) is 0 Å². The SMILES string of the molecule is Cc1c(-c2ccc(S(C)(=O)=O)cc2)[nH]c2ccccc12. The van der Waals surface area contributed by atoms with Crippen molar-refractivity contribution in [2.24, 2.45) is 0 Å². The minimum absolute atomic E-state index is 0.343. The van der Waals surface area contributed by atoms with Gasteiger partial charge in [0.05, 0.1) is 4.90 Å². The van der Waals surface area contributed by atoms with Gasteiger partial charge >= 0.3 is 0 Å². The molecular formula is C16H15NO2S. The summed E-state index contributed by atoms with van der Waals surface area (Å²) in [6.45, 7) is 2.07. The molecule has 1 N–H and O–H groups in total. The zero-order valence-electron chi connectivity index (χ0n) is 11.3. The molecule has 1 aromatic heterocycles. The molecule has 0 bridgehead atoms. The highest BCUT2D eigenvalue weighted by atomic mass is 32.2. The second kappa shape index (κ2) is 4.49.